The summed E-state index contributed by atoms with van der Waals surface area (Å²) in [7, 11) is 0. The molecule has 186 valence electrons. The van der Waals surface area contributed by atoms with E-state index in [1.807, 2.05) is 83.8 Å². The van der Waals surface area contributed by atoms with Crippen LogP contribution < -0.4 is 4.74 Å². The Bertz CT molecular complexity index is 1480. The second-order valence-corrected chi connectivity index (χ2v) is 9.50. The molecule has 0 unspecified atom stereocenters. The number of piperidine rings is 1. The Labute approximate surface area is 215 Å². The van der Waals surface area contributed by atoms with E-state index in [1.165, 1.54) is 0 Å². The molecule has 1 N–H and O–H groups in total. The minimum atomic E-state index is 0.0122. The van der Waals surface area contributed by atoms with Crippen LogP contribution in [0, 0.1) is 5.92 Å². The van der Waals surface area contributed by atoms with Crippen molar-refractivity contribution in [2.24, 2.45) is 5.92 Å². The van der Waals surface area contributed by atoms with Crippen LogP contribution in [0.4, 0.5) is 0 Å². The van der Waals surface area contributed by atoms with E-state index < -0.39 is 0 Å². The van der Waals surface area contributed by atoms with E-state index in [0.717, 1.165) is 66.3 Å². The van der Waals surface area contributed by atoms with Gasteiger partial charge in [-0.1, -0.05) is 60.7 Å². The van der Waals surface area contributed by atoms with Gasteiger partial charge in [-0.25, -0.2) is 4.98 Å². The number of imidazole rings is 1. The number of amides is 1. The minimum Gasteiger partial charge on any atom is -0.486 e. The van der Waals surface area contributed by atoms with Gasteiger partial charge >= 0.3 is 0 Å². The largest absolute Gasteiger partial charge is 0.486 e. The highest BCUT2D eigenvalue weighted by molar-refractivity contribution is 5.93. The number of ether oxygens (including phenoxy) is 1. The van der Waals surface area contributed by atoms with Crippen LogP contribution in [0.5, 0.6) is 5.75 Å². The minimum absolute atomic E-state index is 0.0122. The molecule has 0 saturated carbocycles. The number of hydrogen-bond donors (Lipinski definition) is 1. The number of carbonyl (C=O) groups excluding carboxylic acids is 1. The summed E-state index contributed by atoms with van der Waals surface area (Å²) >= 11 is 0. The maximum Gasteiger partial charge on any atom is 0.271 e. The summed E-state index contributed by atoms with van der Waals surface area (Å²) in [5.74, 6) is 2.23. The normalized spacial score (nSPS) is 14.2. The second-order valence-electron chi connectivity index (χ2n) is 9.50. The number of fused-ring (bicyclic) bond motifs is 1. The molecule has 1 aliphatic heterocycles. The monoisotopic (exact) mass is 491 g/mol. The second kappa shape index (κ2) is 10.3. The Morgan fingerprint density at radius 3 is 2.41 bits per heavy atom. The number of nitrogens with zero attached hydrogens (tertiary/aromatic N) is 4. The predicted octanol–water partition coefficient (Wildman–Crippen LogP) is 5.56. The molecule has 0 atom stereocenters. The summed E-state index contributed by atoms with van der Waals surface area (Å²) in [5, 5.41) is 7.29. The Morgan fingerprint density at radius 1 is 0.919 bits per heavy atom. The fourth-order valence-corrected chi connectivity index (χ4v) is 5.04. The molecule has 0 bridgehead atoms. The maximum atomic E-state index is 13.1. The van der Waals surface area contributed by atoms with E-state index >= 15 is 0 Å². The maximum absolute atomic E-state index is 13.1. The van der Waals surface area contributed by atoms with Gasteiger partial charge in [-0.3, -0.25) is 9.89 Å². The number of likely N-dealkylation sites (tertiary alicyclic amines) is 1. The van der Waals surface area contributed by atoms with Gasteiger partial charge in [-0.15, -0.1) is 0 Å². The fourth-order valence-electron chi connectivity index (χ4n) is 5.04. The third-order valence-corrected chi connectivity index (χ3v) is 7.07. The van der Waals surface area contributed by atoms with Gasteiger partial charge in [0.05, 0.1) is 16.7 Å². The quantitative estimate of drug-likeness (QED) is 0.324. The third kappa shape index (κ3) is 4.98. The fraction of sp³-hybridized carbons (Fsp3) is 0.233. The number of aromatic nitrogens is 4. The first kappa shape index (κ1) is 23.0. The van der Waals surface area contributed by atoms with Gasteiger partial charge in [0.2, 0.25) is 0 Å². The van der Waals surface area contributed by atoms with Gasteiger partial charge < -0.3 is 14.2 Å². The summed E-state index contributed by atoms with van der Waals surface area (Å²) in [6.45, 7) is 2.73. The number of para-hydroxylation sites is 3. The van der Waals surface area contributed by atoms with Crippen molar-refractivity contribution >= 4 is 16.9 Å². The first-order chi connectivity index (χ1) is 18.2. The first-order valence-electron chi connectivity index (χ1n) is 12.8. The van der Waals surface area contributed by atoms with E-state index in [4.69, 9.17) is 9.72 Å². The van der Waals surface area contributed by atoms with Crippen LogP contribution in [0.1, 0.15) is 29.2 Å². The van der Waals surface area contributed by atoms with Gasteiger partial charge in [0.15, 0.2) is 0 Å². The Hall–Kier alpha value is -4.39. The lowest BCUT2D eigenvalue weighted by molar-refractivity contribution is 0.0676. The molecule has 2 aromatic heterocycles. The molecule has 0 radical (unpaired) electrons. The van der Waals surface area contributed by atoms with Gasteiger partial charge in [-0.2, -0.15) is 5.10 Å². The number of hydrogen-bond acceptors (Lipinski definition) is 4. The molecule has 7 nitrogen and oxygen atoms in total. The van der Waals surface area contributed by atoms with Gasteiger partial charge in [0, 0.05) is 25.2 Å². The molecule has 7 heteroatoms. The van der Waals surface area contributed by atoms with Crippen LogP contribution in [0.3, 0.4) is 0 Å². The highest BCUT2D eigenvalue weighted by atomic mass is 16.5. The highest BCUT2D eigenvalue weighted by Crippen LogP contribution is 2.26. The molecular weight excluding hydrogens is 462 g/mol. The molecule has 3 aromatic carbocycles. The van der Waals surface area contributed by atoms with Crippen molar-refractivity contribution in [3.8, 4) is 17.0 Å². The zero-order valence-electron chi connectivity index (χ0n) is 20.6. The standard InChI is InChI=1S/C30H29N5O2/c36-30(27-19-26(32-33-27)23-9-3-1-4-10-23)34-17-15-22(16-18-34)20-35-28-14-8-7-13-25(28)31-29(35)21-37-24-11-5-2-6-12-24/h1-14,19,22H,15-18,20-21H2,(H,32,33). The van der Waals surface area contributed by atoms with Crippen LogP contribution in [0.15, 0.2) is 91.0 Å². The molecule has 0 spiro atoms. The number of H-pyrrole nitrogens is 1. The van der Waals surface area contributed by atoms with E-state index in [2.05, 4.69) is 26.9 Å². The molecule has 1 aliphatic rings. The number of carbonyl (C=O) groups is 1. The van der Waals surface area contributed by atoms with Crippen LogP contribution in [-0.2, 0) is 13.2 Å². The number of rotatable bonds is 7. The van der Waals surface area contributed by atoms with E-state index in [-0.39, 0.29) is 5.91 Å². The van der Waals surface area contributed by atoms with Gasteiger partial charge in [0.25, 0.3) is 5.91 Å². The molecule has 6 rings (SSSR count). The molecule has 1 saturated heterocycles. The van der Waals surface area contributed by atoms with Crippen molar-refractivity contribution in [1.29, 1.82) is 0 Å². The lowest BCUT2D eigenvalue weighted by Crippen LogP contribution is -2.39. The highest BCUT2D eigenvalue weighted by Gasteiger charge is 2.26. The van der Waals surface area contributed by atoms with Crippen LogP contribution >= 0.6 is 0 Å². The average molecular weight is 492 g/mol. The molecule has 37 heavy (non-hydrogen) atoms. The predicted molar refractivity (Wildman–Crippen MR) is 143 cm³/mol. The lowest BCUT2D eigenvalue weighted by atomic mass is 9.96. The number of aromatic amines is 1. The Morgan fingerprint density at radius 2 is 1.62 bits per heavy atom. The molecule has 0 aliphatic carbocycles. The van der Waals surface area contributed by atoms with Crippen molar-refractivity contribution in [1.82, 2.24) is 24.6 Å². The van der Waals surface area contributed by atoms with E-state index in [1.54, 1.807) is 0 Å². The zero-order valence-corrected chi connectivity index (χ0v) is 20.6. The number of benzene rings is 3. The van der Waals surface area contributed by atoms with Crippen molar-refractivity contribution in [2.45, 2.75) is 26.0 Å². The van der Waals surface area contributed by atoms with Gasteiger partial charge in [-0.05, 0) is 49.1 Å². The summed E-state index contributed by atoms with van der Waals surface area (Å²) < 4.78 is 8.33. The summed E-state index contributed by atoms with van der Waals surface area (Å²) in [6.07, 6.45) is 1.88. The summed E-state index contributed by atoms with van der Waals surface area (Å²) in [4.78, 5) is 19.9. The third-order valence-electron chi connectivity index (χ3n) is 7.07. The van der Waals surface area contributed by atoms with Crippen LogP contribution in [-0.4, -0.2) is 43.6 Å². The summed E-state index contributed by atoms with van der Waals surface area (Å²) in [5.41, 5.74) is 4.43. The molecule has 3 heterocycles. The smallest absolute Gasteiger partial charge is 0.271 e. The van der Waals surface area contributed by atoms with Gasteiger partial charge in [0.1, 0.15) is 23.9 Å². The molecule has 5 aromatic rings. The van der Waals surface area contributed by atoms with Crippen molar-refractivity contribution in [2.75, 3.05) is 13.1 Å². The Kier molecular flexibility index (Phi) is 6.42. The van der Waals surface area contributed by atoms with E-state index in [9.17, 15) is 4.79 Å². The van der Waals surface area contributed by atoms with Crippen LogP contribution in [0.2, 0.25) is 0 Å². The SMILES string of the molecule is O=C(c1cc(-c2ccccc2)n[nH]1)N1CCC(Cn2c(COc3ccccc3)nc3ccccc32)CC1. The summed E-state index contributed by atoms with van der Waals surface area (Å²) in [6, 6.07) is 29.8. The van der Waals surface area contributed by atoms with Crippen molar-refractivity contribution in [3.63, 3.8) is 0 Å². The topological polar surface area (TPSA) is 76.0 Å². The molecule has 1 fully saturated rings. The number of nitrogens with one attached hydrogen (secondary N) is 1. The van der Waals surface area contributed by atoms with Crippen LogP contribution in [0.25, 0.3) is 22.3 Å². The Balaban J connectivity index is 1.12. The van der Waals surface area contributed by atoms with Crippen molar-refractivity contribution in [3.05, 3.63) is 103 Å². The average Bonchev–Trinajstić information content (AvgIpc) is 3.59. The first-order valence-corrected chi connectivity index (χ1v) is 12.8. The van der Waals surface area contributed by atoms with E-state index in [0.29, 0.717) is 18.2 Å². The zero-order chi connectivity index (χ0) is 25.0. The van der Waals surface area contributed by atoms with Crippen molar-refractivity contribution < 1.29 is 9.53 Å². The molecule has 1 amide bonds. The lowest BCUT2D eigenvalue weighted by Gasteiger charge is -2.32. The molecular formula is C30H29N5O2.